The summed E-state index contributed by atoms with van der Waals surface area (Å²) in [6, 6.07) is 98.5. The normalized spacial score (nSPS) is 14.1. The molecule has 0 aliphatic carbocycles. The number of anilines is 8. The average Bonchev–Trinajstić information content (AvgIpc) is 2.39. The monoisotopic (exact) mass is 1250 g/mol. The summed E-state index contributed by atoms with van der Waals surface area (Å²) in [6.45, 7) is 4.53. The van der Waals surface area contributed by atoms with Gasteiger partial charge in [-0.25, -0.2) is 0 Å². The van der Waals surface area contributed by atoms with E-state index in [2.05, 4.69) is 285 Å². The van der Waals surface area contributed by atoms with Crippen molar-refractivity contribution in [2.75, 3.05) is 19.6 Å². The van der Waals surface area contributed by atoms with Gasteiger partial charge in [-0.05, 0) is 0 Å². The van der Waals surface area contributed by atoms with Gasteiger partial charge in [-0.3, -0.25) is 0 Å². The third-order valence-electron chi connectivity index (χ3n) is 17.5. The minimum absolute atomic E-state index is 0.623. The van der Waals surface area contributed by atoms with E-state index in [0.29, 0.717) is 11.5 Å². The van der Waals surface area contributed by atoms with Crippen LogP contribution in [0.3, 0.4) is 0 Å². The number of benzene rings is 12. The molecule has 0 amide bonds. The van der Waals surface area contributed by atoms with Crippen LogP contribution in [-0.4, -0.2) is 17.4 Å². The molecule has 0 unspecified atom stereocenters. The third kappa shape index (κ3) is 6.44. The molecule has 0 saturated carbocycles. The fraction of sp³-hybridized carbons (Fsp3) is 0.0263. The molecule has 0 saturated heterocycles. The fourth-order valence-corrected chi connectivity index (χ4v) is 17.7. The number of aromatic nitrogens is 2. The number of hydrogen-bond acceptors (Lipinski definition) is 5. The van der Waals surface area contributed by atoms with Crippen LogP contribution in [0.15, 0.2) is 243 Å². The maximum atomic E-state index is 6.86. The molecular weight excluding hydrogens is 1210 g/mol. The van der Waals surface area contributed by atoms with E-state index in [1.165, 1.54) is 32.7 Å². The molecule has 398 valence electrons. The summed E-state index contributed by atoms with van der Waals surface area (Å²) in [7, 11) is 0. The van der Waals surface area contributed by atoms with Crippen LogP contribution in [-0.2, 0) is 17.6 Å². The quantitative estimate of drug-likeness (QED) is 0.161. The molecule has 5 aliphatic heterocycles. The van der Waals surface area contributed by atoms with Crippen LogP contribution in [0.2, 0.25) is 0 Å². The van der Waals surface area contributed by atoms with Gasteiger partial charge >= 0.3 is 484 Å². The fourth-order valence-electron chi connectivity index (χ4n) is 14.0. The Hall–Kier alpha value is -10.3. The van der Waals surface area contributed by atoms with Crippen molar-refractivity contribution < 1.29 is 22.4 Å². The number of nitrogens with zero attached hydrogens (tertiary/aromatic N) is 6. The molecule has 0 atom stereocenters. The Bertz CT molecular complexity index is 4850. The second kappa shape index (κ2) is 17.1. The standard InChI is InChI=1S/C76H46N6O.Pt/c1-47-35-59-49-27-31-67-63(39-49)65-41-51(29-33-69(65)81(67)53-15-5-3-6-16-53)61-37-48(2)38-62-52-30-34-70-66(42-52)64-40-50(28-32-68(64)82(70)54-17-7-4-8-18-54)60(36-47)75(59)79-45-77(71-23-9-11-25-73(71)79)55-19-13-21-57(43-55)83-58-22-14-20-56(44-58)78-46-80(76(61)62)74-26-12-10-24-72(74)78;/h3-42H,1-2H3;/q-2;. The number of fused-ring (bicyclic) bond motifs is 18. The molecule has 0 radical (unpaired) electrons. The first-order valence-corrected chi connectivity index (χ1v) is 30.7. The topological polar surface area (TPSA) is 32.1 Å². The van der Waals surface area contributed by atoms with E-state index in [-0.39, 0.29) is 0 Å². The van der Waals surface area contributed by atoms with Gasteiger partial charge in [0.05, 0.1) is 0 Å². The number of rotatable bonds is 2. The first-order valence-electron chi connectivity index (χ1n) is 28.5. The summed E-state index contributed by atoms with van der Waals surface area (Å²) in [5.41, 5.74) is 26.7. The van der Waals surface area contributed by atoms with E-state index < -0.39 is 17.6 Å². The van der Waals surface area contributed by atoms with Crippen molar-refractivity contribution in [3.63, 3.8) is 0 Å². The molecule has 0 fully saturated rings. The van der Waals surface area contributed by atoms with E-state index >= 15 is 0 Å². The van der Waals surface area contributed by atoms with Gasteiger partial charge in [0.25, 0.3) is 0 Å². The second-order valence-corrected chi connectivity index (χ2v) is 25.1. The van der Waals surface area contributed by atoms with Crippen LogP contribution in [0.25, 0.3) is 99.5 Å². The summed E-state index contributed by atoms with van der Waals surface area (Å²) in [4.78, 5) is 10.3. The zero-order valence-corrected chi connectivity index (χ0v) is 47.8. The zero-order valence-electron chi connectivity index (χ0n) is 45.5. The predicted molar refractivity (Wildman–Crippen MR) is 342 cm³/mol. The SMILES string of the molecule is Cc1cc2c3c(c1)-c1ccc4c(c1)c1cc(ccc1n4-c1ccccc1)-c1cc(C)cc(c1N1[C]4=[Pt]=[C]5N(c6[c-]c(ccc6)Oc6[c-]c(ccc6)N4c4ccccc41)c1ccccc1N53)-c1ccc3c(c1)c1cc-2ccc1n3-c1ccccc1. The van der Waals surface area contributed by atoms with Gasteiger partial charge in [-0.15, -0.1) is 0 Å². The molecule has 84 heavy (non-hydrogen) atoms. The minimum atomic E-state index is -1.29. The molecule has 12 aromatic carbocycles. The van der Waals surface area contributed by atoms with Crippen LogP contribution >= 0.6 is 0 Å². The van der Waals surface area contributed by atoms with Crippen LogP contribution in [0.5, 0.6) is 11.5 Å². The summed E-state index contributed by atoms with van der Waals surface area (Å²) >= 11 is -1.29. The van der Waals surface area contributed by atoms with E-state index in [0.717, 1.165) is 132 Å². The molecule has 0 spiro atoms. The van der Waals surface area contributed by atoms with Gasteiger partial charge < -0.3 is 0 Å². The number of para-hydroxylation sites is 6. The van der Waals surface area contributed by atoms with Crippen molar-refractivity contribution >= 4 is 97.4 Å². The first-order chi connectivity index (χ1) is 41.5. The Morgan fingerprint density at radius 3 is 1.01 bits per heavy atom. The van der Waals surface area contributed by atoms with Crippen LogP contribution in [0, 0.1) is 26.0 Å². The van der Waals surface area contributed by atoms with Gasteiger partial charge in [0.15, 0.2) is 0 Å². The molecule has 16 bridgehead atoms. The van der Waals surface area contributed by atoms with E-state index in [4.69, 9.17) is 4.74 Å². The summed E-state index contributed by atoms with van der Waals surface area (Å²) in [5.74, 6) is 1.25. The summed E-state index contributed by atoms with van der Waals surface area (Å²) in [6.07, 6.45) is 0. The average molecular weight is 1250 g/mol. The summed E-state index contributed by atoms with van der Waals surface area (Å²) < 4.78 is 14.1. The molecule has 0 N–H and O–H groups in total. The van der Waals surface area contributed by atoms with Gasteiger partial charge in [-0.2, -0.15) is 0 Å². The molecular formula is C76H46N6OPt-2. The van der Waals surface area contributed by atoms with Gasteiger partial charge in [0.1, 0.15) is 0 Å². The molecule has 19 rings (SSSR count). The van der Waals surface area contributed by atoms with Crippen molar-refractivity contribution in [1.29, 1.82) is 0 Å². The number of aryl methyl sites for hydroxylation is 2. The molecule has 7 nitrogen and oxygen atoms in total. The van der Waals surface area contributed by atoms with Gasteiger partial charge in [0, 0.05) is 0 Å². The number of hydrogen-bond donors (Lipinski definition) is 0. The van der Waals surface area contributed by atoms with Gasteiger partial charge in [0.2, 0.25) is 0 Å². The first kappa shape index (κ1) is 46.3. The Morgan fingerprint density at radius 1 is 0.321 bits per heavy atom. The second-order valence-electron chi connectivity index (χ2n) is 22.5. The van der Waals surface area contributed by atoms with Crippen LogP contribution < -0.4 is 24.3 Å². The molecule has 2 aromatic heterocycles. The number of ether oxygens (including phenoxy) is 1. The molecule has 7 heterocycles. The van der Waals surface area contributed by atoms with E-state index in [9.17, 15) is 0 Å². The summed E-state index contributed by atoms with van der Waals surface area (Å²) in [5, 5.41) is 4.77. The molecule has 8 heteroatoms. The van der Waals surface area contributed by atoms with E-state index in [1.54, 1.807) is 0 Å². The van der Waals surface area contributed by atoms with Crippen molar-refractivity contribution in [3.05, 3.63) is 266 Å². The van der Waals surface area contributed by atoms with Crippen molar-refractivity contribution in [1.82, 2.24) is 9.13 Å². The van der Waals surface area contributed by atoms with Gasteiger partial charge in [-0.1, -0.05) is 12.1 Å². The Kier molecular flexibility index (Phi) is 9.43. The molecule has 14 aromatic rings. The van der Waals surface area contributed by atoms with Crippen LogP contribution in [0.4, 0.5) is 45.5 Å². The Morgan fingerprint density at radius 2 is 0.655 bits per heavy atom. The third-order valence-corrected chi connectivity index (χ3v) is 20.6. The van der Waals surface area contributed by atoms with E-state index in [1.807, 2.05) is 12.1 Å². The van der Waals surface area contributed by atoms with Crippen molar-refractivity contribution in [2.45, 2.75) is 13.8 Å². The molecule has 5 aliphatic rings. The Balaban J connectivity index is 1.09. The van der Waals surface area contributed by atoms with Crippen LogP contribution in [0.1, 0.15) is 11.1 Å². The van der Waals surface area contributed by atoms with Crippen molar-refractivity contribution in [3.8, 4) is 67.4 Å². The maximum absolute atomic E-state index is 6.86. The zero-order chi connectivity index (χ0) is 55.1. The van der Waals surface area contributed by atoms with Crippen molar-refractivity contribution in [2.24, 2.45) is 0 Å². The Labute approximate surface area is 492 Å². The predicted octanol–water partition coefficient (Wildman–Crippen LogP) is 19.0.